The Morgan fingerprint density at radius 2 is 1.62 bits per heavy atom. The zero-order valence-electron chi connectivity index (χ0n) is 34.8. The smallest absolute Gasteiger partial charge is 0.419 e. The third-order valence-electron chi connectivity index (χ3n) is 12.7. The van der Waals surface area contributed by atoms with Crippen molar-refractivity contribution < 1.29 is 42.8 Å². The van der Waals surface area contributed by atoms with E-state index in [4.69, 9.17) is 28.4 Å². The first kappa shape index (κ1) is 43.1. The van der Waals surface area contributed by atoms with Gasteiger partial charge < -0.3 is 28.4 Å². The van der Waals surface area contributed by atoms with Crippen LogP contribution in [0.3, 0.4) is 0 Å². The van der Waals surface area contributed by atoms with E-state index in [2.05, 4.69) is 74.2 Å². The average molecular weight is 745 g/mol. The van der Waals surface area contributed by atoms with Crippen molar-refractivity contribution in [3.8, 4) is 0 Å². The number of Topliss-reactive ketones (excluding diaryl/α,β-unsaturated/α-hetero) is 1. The standard InChI is InChI=1S/C42H68N2O9/c1-15-32-33(51-40(47)44-17-16-43-22-44)19-24(3)35(45)25(4)20-42(13,14)37(53-39-27(6)23(2)18-26(5)48-39)28(7)36(29(8)38(46)50-32)52-34-21-41(11,12)30(9)31(10)49-34/h16-17,19,22-23,25-34,36-37,39H,15,18,20-21H2,1-14H3/b24-19+/t23-,25+,26+,27+,28-,29+,30-,31-,32+,33-,34?,36-,37+,39-/m0/s1. The first-order chi connectivity index (χ1) is 24.7. The molecule has 1 aromatic rings. The van der Waals surface area contributed by atoms with Crippen molar-refractivity contribution in [3.63, 3.8) is 0 Å². The SMILES string of the molecule is CC[C@H]1OC(=O)[C@H](C)[C@@H](OC2CC(C)(C)[C@@H](C)[C@H](C)O2)[C@H](C)[C@@H](O[C@@H]2O[C@H](C)C[C@H](C)[C@H]2C)C(C)(C)C[C@@H](C)C(=O)/C(C)=C/[C@@H]1OC(=O)n1ccnc1. The molecule has 300 valence electrons. The predicted molar refractivity (Wildman–Crippen MR) is 202 cm³/mol. The number of imidazole rings is 1. The van der Waals surface area contributed by atoms with E-state index in [0.29, 0.717) is 36.7 Å². The Bertz CT molecular complexity index is 1420. The molecule has 3 aliphatic rings. The highest BCUT2D eigenvalue weighted by atomic mass is 16.7. The van der Waals surface area contributed by atoms with Gasteiger partial charge in [-0.25, -0.2) is 14.3 Å². The summed E-state index contributed by atoms with van der Waals surface area (Å²) in [5.74, 6) is -1.30. The van der Waals surface area contributed by atoms with E-state index in [-0.39, 0.29) is 35.2 Å². The minimum atomic E-state index is -1.02. The van der Waals surface area contributed by atoms with Gasteiger partial charge >= 0.3 is 12.1 Å². The van der Waals surface area contributed by atoms with Crippen molar-refractivity contribution in [1.29, 1.82) is 0 Å². The molecule has 1 unspecified atom stereocenters. The first-order valence-electron chi connectivity index (χ1n) is 19.9. The van der Waals surface area contributed by atoms with E-state index < -0.39 is 66.3 Å². The number of carbonyl (C=O) groups excluding carboxylic acids is 3. The van der Waals surface area contributed by atoms with E-state index in [1.807, 2.05) is 20.8 Å². The van der Waals surface area contributed by atoms with Crippen LogP contribution in [0.1, 0.15) is 123 Å². The van der Waals surface area contributed by atoms with Crippen molar-refractivity contribution >= 4 is 17.8 Å². The van der Waals surface area contributed by atoms with Gasteiger partial charge in [0.15, 0.2) is 24.5 Å². The van der Waals surface area contributed by atoms with Gasteiger partial charge in [0, 0.05) is 36.6 Å². The zero-order valence-corrected chi connectivity index (χ0v) is 34.8. The maximum atomic E-state index is 14.4. The molecule has 0 aliphatic carbocycles. The largest absolute Gasteiger partial charge is 0.458 e. The third-order valence-corrected chi connectivity index (χ3v) is 12.7. The van der Waals surface area contributed by atoms with Crippen LogP contribution in [0.25, 0.3) is 0 Å². The summed E-state index contributed by atoms with van der Waals surface area (Å²) in [4.78, 5) is 45.6. The lowest BCUT2D eigenvalue weighted by molar-refractivity contribution is -0.293. The molecule has 4 rings (SSSR count). The minimum Gasteiger partial charge on any atom is -0.458 e. The number of esters is 1. The Hall–Kier alpha value is -2.60. The fraction of sp³-hybridized carbons (Fsp3) is 0.810. The van der Waals surface area contributed by atoms with Gasteiger partial charge in [-0.2, -0.15) is 0 Å². The molecule has 53 heavy (non-hydrogen) atoms. The maximum absolute atomic E-state index is 14.4. The molecule has 0 radical (unpaired) electrons. The van der Waals surface area contributed by atoms with E-state index in [1.54, 1.807) is 13.0 Å². The number of cyclic esters (lactones) is 1. The second kappa shape index (κ2) is 17.5. The van der Waals surface area contributed by atoms with Crippen LogP contribution in [-0.4, -0.2) is 76.6 Å². The molecular formula is C42H68N2O9. The third kappa shape index (κ3) is 10.2. The summed E-state index contributed by atoms with van der Waals surface area (Å²) in [6.07, 6.45) is 3.48. The molecule has 0 saturated carbocycles. The summed E-state index contributed by atoms with van der Waals surface area (Å²) in [6.45, 7) is 28.8. The van der Waals surface area contributed by atoms with Crippen LogP contribution < -0.4 is 0 Å². The number of hydrogen-bond acceptors (Lipinski definition) is 10. The monoisotopic (exact) mass is 744 g/mol. The number of aromatic nitrogens is 2. The fourth-order valence-corrected chi connectivity index (χ4v) is 8.77. The van der Waals surface area contributed by atoms with Crippen molar-refractivity contribution in [1.82, 2.24) is 9.55 Å². The maximum Gasteiger partial charge on any atom is 0.419 e. The Kier molecular flexibility index (Phi) is 14.2. The molecule has 11 nitrogen and oxygen atoms in total. The van der Waals surface area contributed by atoms with Gasteiger partial charge in [-0.1, -0.05) is 69.2 Å². The molecule has 14 atom stereocenters. The van der Waals surface area contributed by atoms with E-state index in [1.165, 1.54) is 23.3 Å². The molecule has 2 fully saturated rings. The van der Waals surface area contributed by atoms with Crippen LogP contribution >= 0.6 is 0 Å². The number of nitrogens with zero attached hydrogens (tertiary/aromatic N) is 2. The zero-order chi connectivity index (χ0) is 39.6. The second-order valence-electron chi connectivity index (χ2n) is 18.0. The van der Waals surface area contributed by atoms with Crippen LogP contribution in [0.4, 0.5) is 4.79 Å². The molecule has 3 aliphatic heterocycles. The highest BCUT2D eigenvalue weighted by Crippen LogP contribution is 2.45. The van der Waals surface area contributed by atoms with E-state index in [0.717, 1.165) is 6.42 Å². The normalized spacial score (nSPS) is 41.1. The summed E-state index contributed by atoms with van der Waals surface area (Å²) < 4.78 is 40.4. The van der Waals surface area contributed by atoms with E-state index >= 15 is 0 Å². The van der Waals surface area contributed by atoms with Gasteiger partial charge in [-0.15, -0.1) is 0 Å². The lowest BCUT2D eigenvalue weighted by atomic mass is 9.70. The predicted octanol–water partition coefficient (Wildman–Crippen LogP) is 8.39. The number of ketones is 1. The Morgan fingerprint density at radius 1 is 0.943 bits per heavy atom. The second-order valence-corrected chi connectivity index (χ2v) is 18.0. The average Bonchev–Trinajstić information content (AvgIpc) is 3.62. The summed E-state index contributed by atoms with van der Waals surface area (Å²) in [5, 5.41) is 0. The van der Waals surface area contributed by atoms with Crippen molar-refractivity contribution in [2.45, 2.75) is 172 Å². The van der Waals surface area contributed by atoms with Crippen LogP contribution in [0.5, 0.6) is 0 Å². The van der Waals surface area contributed by atoms with Crippen LogP contribution in [0, 0.1) is 46.3 Å². The lowest BCUT2D eigenvalue weighted by Gasteiger charge is -2.49. The molecule has 0 aromatic carbocycles. The summed E-state index contributed by atoms with van der Waals surface area (Å²) in [5.41, 5.74) is -0.218. The molecule has 1 aromatic heterocycles. The fourth-order valence-electron chi connectivity index (χ4n) is 8.77. The van der Waals surface area contributed by atoms with Crippen molar-refractivity contribution in [3.05, 3.63) is 30.4 Å². The number of allylic oxidation sites excluding steroid dienone is 1. The molecule has 0 N–H and O–H groups in total. The molecular weight excluding hydrogens is 676 g/mol. The molecule has 0 amide bonds. The van der Waals surface area contributed by atoms with Crippen LogP contribution in [-0.2, 0) is 38.0 Å². The number of carbonyl (C=O) groups is 3. The highest BCUT2D eigenvalue weighted by molar-refractivity contribution is 5.96. The highest BCUT2D eigenvalue weighted by Gasteiger charge is 2.49. The number of rotatable bonds is 6. The number of ether oxygens (including phenoxy) is 6. The summed E-state index contributed by atoms with van der Waals surface area (Å²) >= 11 is 0. The van der Waals surface area contributed by atoms with Gasteiger partial charge in [0.1, 0.15) is 12.4 Å². The van der Waals surface area contributed by atoms with Gasteiger partial charge in [-0.05, 0) is 81.3 Å². The molecule has 4 heterocycles. The van der Waals surface area contributed by atoms with Gasteiger partial charge in [0.05, 0.1) is 30.3 Å². The first-order valence-corrected chi connectivity index (χ1v) is 19.9. The van der Waals surface area contributed by atoms with Crippen LogP contribution in [0.2, 0.25) is 0 Å². The number of hydrogen-bond donors (Lipinski definition) is 0. The van der Waals surface area contributed by atoms with Crippen LogP contribution in [0.15, 0.2) is 30.4 Å². The molecule has 11 heteroatoms. The van der Waals surface area contributed by atoms with Crippen molar-refractivity contribution in [2.24, 2.45) is 46.3 Å². The van der Waals surface area contributed by atoms with Gasteiger partial charge in [0.2, 0.25) is 0 Å². The quantitative estimate of drug-likeness (QED) is 0.262. The molecule has 0 bridgehead atoms. The Morgan fingerprint density at radius 3 is 2.23 bits per heavy atom. The van der Waals surface area contributed by atoms with E-state index in [9.17, 15) is 14.4 Å². The molecule has 2 saturated heterocycles. The molecule has 0 spiro atoms. The Labute approximate surface area is 318 Å². The summed E-state index contributed by atoms with van der Waals surface area (Å²) in [6, 6.07) is 0. The Balaban J connectivity index is 1.81. The van der Waals surface area contributed by atoms with Gasteiger partial charge in [0.25, 0.3) is 0 Å². The summed E-state index contributed by atoms with van der Waals surface area (Å²) in [7, 11) is 0. The lowest BCUT2D eigenvalue weighted by Crippen LogP contribution is -2.53. The van der Waals surface area contributed by atoms with Gasteiger partial charge in [-0.3, -0.25) is 9.59 Å². The van der Waals surface area contributed by atoms with Crippen molar-refractivity contribution in [2.75, 3.05) is 0 Å². The minimum absolute atomic E-state index is 0.0283. The topological polar surface area (TPSA) is 124 Å².